The van der Waals surface area contributed by atoms with Gasteiger partial charge in [0.25, 0.3) is 0 Å². The van der Waals surface area contributed by atoms with Crippen LogP contribution in [0.3, 0.4) is 0 Å². The zero-order valence-electron chi connectivity index (χ0n) is 8.09. The fourth-order valence-electron chi connectivity index (χ4n) is 1.03. The lowest BCUT2D eigenvalue weighted by Crippen LogP contribution is -2.17. The molecule has 0 heterocycles. The van der Waals surface area contributed by atoms with Crippen LogP contribution in [-0.4, -0.2) is 12.9 Å². The van der Waals surface area contributed by atoms with E-state index in [-0.39, 0.29) is 5.02 Å². The summed E-state index contributed by atoms with van der Waals surface area (Å²) in [5.41, 5.74) is 5.89. The number of benzene rings is 1. The zero-order chi connectivity index (χ0) is 12.2. The third-order valence-electron chi connectivity index (χ3n) is 1.63. The summed E-state index contributed by atoms with van der Waals surface area (Å²) >= 11 is 5.62. The van der Waals surface area contributed by atoms with Crippen molar-refractivity contribution < 1.29 is 17.9 Å². The van der Waals surface area contributed by atoms with Gasteiger partial charge in [0.1, 0.15) is 5.75 Å². The molecular weight excluding hydrogens is 243 g/mol. The van der Waals surface area contributed by atoms with Gasteiger partial charge in [-0.25, -0.2) is 0 Å². The molecule has 0 saturated carbocycles. The molecule has 1 rings (SSSR count). The average Bonchev–Trinajstić information content (AvgIpc) is 2.17. The number of hydrogen-bond donors (Lipinski definition) is 1. The highest BCUT2D eigenvalue weighted by atomic mass is 35.5. The van der Waals surface area contributed by atoms with Gasteiger partial charge in [0.2, 0.25) is 0 Å². The summed E-state index contributed by atoms with van der Waals surface area (Å²) in [4.78, 5) is 0. The van der Waals surface area contributed by atoms with Crippen molar-refractivity contribution in [2.45, 2.75) is 6.36 Å². The van der Waals surface area contributed by atoms with Crippen molar-refractivity contribution in [1.82, 2.24) is 0 Å². The minimum atomic E-state index is -4.74. The molecule has 0 atom stereocenters. The van der Waals surface area contributed by atoms with E-state index >= 15 is 0 Å². The van der Waals surface area contributed by atoms with Crippen LogP contribution in [0.5, 0.6) is 5.75 Å². The summed E-state index contributed by atoms with van der Waals surface area (Å²) in [6.45, 7) is 0.346. The molecule has 88 valence electrons. The Hall–Kier alpha value is -1.20. The highest BCUT2D eigenvalue weighted by Crippen LogP contribution is 2.30. The van der Waals surface area contributed by atoms with Crippen molar-refractivity contribution >= 4 is 17.7 Å². The lowest BCUT2D eigenvalue weighted by atomic mass is 10.2. The number of halogens is 4. The number of alkyl halides is 3. The average molecular weight is 252 g/mol. The predicted molar refractivity (Wildman–Crippen MR) is 56.2 cm³/mol. The molecule has 0 unspecified atom stereocenters. The molecule has 0 spiro atoms. The normalized spacial score (nSPS) is 12.1. The van der Waals surface area contributed by atoms with Crippen LogP contribution in [0.25, 0.3) is 6.08 Å². The smallest absolute Gasteiger partial charge is 0.404 e. The monoisotopic (exact) mass is 251 g/mol. The predicted octanol–water partition coefficient (Wildman–Crippen LogP) is 3.21. The molecule has 6 heteroatoms. The van der Waals surface area contributed by atoms with Crippen molar-refractivity contribution in [1.29, 1.82) is 0 Å². The fourth-order valence-corrected chi connectivity index (χ4v) is 1.26. The summed E-state index contributed by atoms with van der Waals surface area (Å²) in [5.74, 6) is -0.418. The maximum Gasteiger partial charge on any atom is 0.573 e. The number of ether oxygens (including phenoxy) is 1. The van der Waals surface area contributed by atoms with Gasteiger partial charge in [-0.05, 0) is 17.7 Å². The Kier molecular flexibility index (Phi) is 4.20. The second-order valence-electron chi connectivity index (χ2n) is 2.88. The number of rotatable bonds is 3. The Balaban J connectivity index is 2.87. The van der Waals surface area contributed by atoms with E-state index in [2.05, 4.69) is 4.74 Å². The number of hydrogen-bond acceptors (Lipinski definition) is 2. The van der Waals surface area contributed by atoms with Crippen molar-refractivity contribution in [3.8, 4) is 5.75 Å². The Morgan fingerprint density at radius 2 is 2.06 bits per heavy atom. The summed E-state index contributed by atoms with van der Waals surface area (Å²) in [5, 5.41) is -0.100. The summed E-state index contributed by atoms with van der Waals surface area (Å²) in [6, 6.07) is 3.99. The van der Waals surface area contributed by atoms with Crippen LogP contribution in [0.15, 0.2) is 24.3 Å². The topological polar surface area (TPSA) is 35.2 Å². The van der Waals surface area contributed by atoms with Gasteiger partial charge >= 0.3 is 6.36 Å². The van der Waals surface area contributed by atoms with E-state index in [1.54, 1.807) is 12.2 Å². The first kappa shape index (κ1) is 12.9. The minimum absolute atomic E-state index is 0.100. The molecule has 0 bridgehead atoms. The number of nitrogens with two attached hydrogens (primary N) is 1. The van der Waals surface area contributed by atoms with Crippen LogP contribution < -0.4 is 10.5 Å². The van der Waals surface area contributed by atoms with Gasteiger partial charge < -0.3 is 10.5 Å². The highest BCUT2D eigenvalue weighted by molar-refractivity contribution is 6.32. The highest BCUT2D eigenvalue weighted by Gasteiger charge is 2.31. The van der Waals surface area contributed by atoms with Gasteiger partial charge in [-0.15, -0.1) is 13.2 Å². The van der Waals surface area contributed by atoms with E-state index in [0.29, 0.717) is 12.1 Å². The van der Waals surface area contributed by atoms with Gasteiger partial charge in [-0.3, -0.25) is 0 Å². The van der Waals surface area contributed by atoms with E-state index < -0.39 is 12.1 Å². The molecule has 0 aromatic heterocycles. The second kappa shape index (κ2) is 5.23. The molecule has 2 N–H and O–H groups in total. The van der Waals surface area contributed by atoms with E-state index in [0.717, 1.165) is 6.07 Å². The molecule has 1 aromatic carbocycles. The van der Waals surface area contributed by atoms with Gasteiger partial charge in [0.15, 0.2) is 0 Å². The molecule has 1 aromatic rings. The van der Waals surface area contributed by atoms with Crippen molar-refractivity contribution in [3.63, 3.8) is 0 Å². The van der Waals surface area contributed by atoms with Crippen LogP contribution in [0.1, 0.15) is 5.56 Å². The second-order valence-corrected chi connectivity index (χ2v) is 3.28. The molecule has 0 aliphatic rings. The Bertz CT molecular complexity index is 390. The first-order valence-electron chi connectivity index (χ1n) is 4.34. The molecule has 0 aliphatic carbocycles. The van der Waals surface area contributed by atoms with E-state index in [1.165, 1.54) is 12.1 Å². The van der Waals surface area contributed by atoms with Crippen molar-refractivity contribution in [2.24, 2.45) is 5.73 Å². The molecule has 16 heavy (non-hydrogen) atoms. The zero-order valence-corrected chi connectivity index (χ0v) is 8.85. The maximum absolute atomic E-state index is 11.9. The van der Waals surface area contributed by atoms with Crippen molar-refractivity contribution in [2.75, 3.05) is 6.54 Å². The first-order valence-corrected chi connectivity index (χ1v) is 4.72. The lowest BCUT2D eigenvalue weighted by molar-refractivity contribution is -0.274. The van der Waals surface area contributed by atoms with Crippen LogP contribution in [0.4, 0.5) is 13.2 Å². The molecule has 0 radical (unpaired) electrons. The van der Waals surface area contributed by atoms with Crippen LogP contribution in [-0.2, 0) is 0 Å². The summed E-state index contributed by atoms with van der Waals surface area (Å²) in [7, 11) is 0. The van der Waals surface area contributed by atoms with Crippen LogP contribution >= 0.6 is 11.6 Å². The molecule has 2 nitrogen and oxygen atoms in total. The standard InChI is InChI=1S/C10H9ClF3NO/c11-8-6-7(2-1-5-15)3-4-9(8)16-10(12,13)14/h1-4,6H,5,15H2. The van der Waals surface area contributed by atoms with Crippen LogP contribution in [0, 0.1) is 0 Å². The van der Waals surface area contributed by atoms with Crippen molar-refractivity contribution in [3.05, 3.63) is 34.9 Å². The SMILES string of the molecule is NCC=Cc1ccc(OC(F)(F)F)c(Cl)c1. The van der Waals surface area contributed by atoms with Gasteiger partial charge in [0, 0.05) is 6.54 Å². The first-order chi connectivity index (χ1) is 7.42. The quantitative estimate of drug-likeness (QED) is 0.895. The van der Waals surface area contributed by atoms with E-state index in [4.69, 9.17) is 17.3 Å². The molecule has 0 amide bonds. The molecular formula is C10H9ClF3NO. The molecule has 0 fully saturated rings. The summed E-state index contributed by atoms with van der Waals surface area (Å²) in [6.07, 6.45) is -1.42. The third-order valence-corrected chi connectivity index (χ3v) is 1.92. The Labute approximate surface area is 95.5 Å². The largest absolute Gasteiger partial charge is 0.573 e. The maximum atomic E-state index is 11.9. The minimum Gasteiger partial charge on any atom is -0.404 e. The molecule has 0 saturated heterocycles. The lowest BCUT2D eigenvalue weighted by Gasteiger charge is -2.10. The molecule has 0 aliphatic heterocycles. The van der Waals surface area contributed by atoms with Gasteiger partial charge in [0.05, 0.1) is 5.02 Å². The Morgan fingerprint density at radius 1 is 1.38 bits per heavy atom. The van der Waals surface area contributed by atoms with Gasteiger partial charge in [-0.1, -0.05) is 29.8 Å². The Morgan fingerprint density at radius 3 is 2.56 bits per heavy atom. The van der Waals surface area contributed by atoms with Gasteiger partial charge in [-0.2, -0.15) is 0 Å². The van der Waals surface area contributed by atoms with E-state index in [9.17, 15) is 13.2 Å². The fraction of sp³-hybridized carbons (Fsp3) is 0.200. The van der Waals surface area contributed by atoms with E-state index in [1.807, 2.05) is 0 Å². The summed E-state index contributed by atoms with van der Waals surface area (Å²) < 4.78 is 39.5. The third kappa shape index (κ3) is 4.12. The van der Waals surface area contributed by atoms with Crippen LogP contribution in [0.2, 0.25) is 5.02 Å².